The minimum Gasteiger partial charge on any atom is -0.311 e. The Morgan fingerprint density at radius 2 is 1.04 bits per heavy atom. The number of fused-ring (bicyclic) bond motifs is 3. The first kappa shape index (κ1) is 28.3. The highest BCUT2D eigenvalue weighted by atomic mass is 15.2. The molecule has 0 saturated heterocycles. The molecule has 0 saturated carbocycles. The highest BCUT2D eigenvalue weighted by Gasteiger charge is 2.45. The van der Waals surface area contributed by atoms with Crippen molar-refractivity contribution < 1.29 is 0 Å². The van der Waals surface area contributed by atoms with Gasteiger partial charge in [0.05, 0.1) is 5.69 Å². The van der Waals surface area contributed by atoms with Gasteiger partial charge in [-0.1, -0.05) is 109 Å². The number of hydrogen-bond donors (Lipinski definition) is 0. The lowest BCUT2D eigenvalue weighted by Gasteiger charge is -2.46. The van der Waals surface area contributed by atoms with E-state index in [-0.39, 0.29) is 6.71 Å². The Bertz CT molecular complexity index is 2590. The Hall–Kier alpha value is -6.52. The van der Waals surface area contributed by atoms with Gasteiger partial charge in [0, 0.05) is 50.9 Å². The summed E-state index contributed by atoms with van der Waals surface area (Å²) in [6.45, 7) is 0.104. The Morgan fingerprint density at radius 3 is 1.78 bits per heavy atom. The van der Waals surface area contributed by atoms with Crippen LogP contribution in [-0.2, 0) is 6.42 Å². The average molecular weight is 650 g/mol. The molecule has 0 amide bonds. The molecule has 0 radical (unpaired) electrons. The number of nitrogens with zero attached hydrogens (tertiary/aromatic N) is 3. The third-order valence-corrected chi connectivity index (χ3v) is 10.9. The summed E-state index contributed by atoms with van der Waals surface area (Å²) >= 11 is 0. The molecule has 51 heavy (non-hydrogen) atoms. The Labute approximate surface area is 298 Å². The largest absolute Gasteiger partial charge is 0.311 e. The van der Waals surface area contributed by atoms with E-state index in [1.165, 1.54) is 72.4 Å². The van der Waals surface area contributed by atoms with Gasteiger partial charge in [0.2, 0.25) is 0 Å². The molecule has 0 N–H and O–H groups in total. The van der Waals surface area contributed by atoms with Crippen molar-refractivity contribution >= 4 is 85.1 Å². The van der Waals surface area contributed by atoms with E-state index in [4.69, 9.17) is 0 Å². The molecule has 3 nitrogen and oxygen atoms in total. The van der Waals surface area contributed by atoms with Crippen LogP contribution in [0.15, 0.2) is 182 Å². The Kier molecular flexibility index (Phi) is 6.11. The molecule has 4 heteroatoms. The van der Waals surface area contributed by atoms with Gasteiger partial charge in [-0.25, -0.2) is 0 Å². The van der Waals surface area contributed by atoms with E-state index >= 15 is 0 Å². The molecule has 0 aromatic heterocycles. The van der Waals surface area contributed by atoms with Crippen molar-refractivity contribution in [3.05, 3.63) is 193 Å². The van der Waals surface area contributed by atoms with Gasteiger partial charge in [-0.2, -0.15) is 0 Å². The molecule has 2 heterocycles. The monoisotopic (exact) mass is 649 g/mol. The van der Waals surface area contributed by atoms with E-state index in [1.807, 2.05) is 0 Å². The smallest absolute Gasteiger partial charge is 0.252 e. The fourth-order valence-corrected chi connectivity index (χ4v) is 8.79. The third kappa shape index (κ3) is 4.20. The van der Waals surface area contributed by atoms with Crippen LogP contribution >= 0.6 is 0 Å². The normalized spacial score (nSPS) is 13.3. The van der Waals surface area contributed by atoms with E-state index in [9.17, 15) is 0 Å². The molecule has 2 aliphatic carbocycles. The summed E-state index contributed by atoms with van der Waals surface area (Å²) in [5.74, 6) is 0. The molecule has 238 valence electrons. The maximum Gasteiger partial charge on any atom is 0.252 e. The molecule has 0 unspecified atom stereocenters. The first-order valence-electron chi connectivity index (χ1n) is 17.8. The molecule has 0 spiro atoms. The van der Waals surface area contributed by atoms with Crippen LogP contribution in [0.1, 0.15) is 11.1 Å². The number of anilines is 9. The van der Waals surface area contributed by atoms with Crippen molar-refractivity contribution in [1.29, 1.82) is 0 Å². The van der Waals surface area contributed by atoms with Crippen LogP contribution < -0.4 is 31.1 Å². The summed E-state index contributed by atoms with van der Waals surface area (Å²) < 4.78 is 0. The molecule has 8 aromatic carbocycles. The average Bonchev–Trinajstić information content (AvgIpc) is 3.18. The number of rotatable bonds is 5. The Balaban J connectivity index is 1.22. The van der Waals surface area contributed by atoms with E-state index in [0.717, 1.165) is 23.5 Å². The van der Waals surface area contributed by atoms with Crippen LogP contribution in [0.4, 0.5) is 51.2 Å². The van der Waals surface area contributed by atoms with E-state index in [2.05, 4.69) is 197 Å². The van der Waals surface area contributed by atoms with Crippen molar-refractivity contribution in [3.8, 4) is 0 Å². The van der Waals surface area contributed by atoms with Gasteiger partial charge in [-0.3, -0.25) is 0 Å². The van der Waals surface area contributed by atoms with Crippen LogP contribution in [0.5, 0.6) is 0 Å². The van der Waals surface area contributed by atoms with Gasteiger partial charge in [0.25, 0.3) is 6.71 Å². The molecular formula is C47H32BN3. The zero-order chi connectivity index (χ0) is 33.5. The fourth-order valence-electron chi connectivity index (χ4n) is 8.79. The first-order chi connectivity index (χ1) is 25.3. The summed E-state index contributed by atoms with van der Waals surface area (Å²) in [6.07, 6.45) is 1.03. The molecule has 12 rings (SSSR count). The van der Waals surface area contributed by atoms with Crippen LogP contribution in [0.2, 0.25) is 0 Å². The second kappa shape index (κ2) is 11.0. The van der Waals surface area contributed by atoms with Crippen molar-refractivity contribution in [2.45, 2.75) is 6.42 Å². The van der Waals surface area contributed by atoms with Gasteiger partial charge >= 0.3 is 0 Å². The van der Waals surface area contributed by atoms with Gasteiger partial charge in [0.1, 0.15) is 0 Å². The summed E-state index contributed by atoms with van der Waals surface area (Å²) in [5.41, 5.74) is 17.7. The Morgan fingerprint density at radius 1 is 0.431 bits per heavy atom. The molecular weight excluding hydrogens is 617 g/mol. The lowest BCUT2D eigenvalue weighted by molar-refractivity contribution is 1.09. The SMILES string of the molecule is c1ccc(N(c2ccccc2)c2ccc3c(c2)N(c2cccc4ccccc24)c2cccc4c2B3c2c3cc(cc2N4c2ccccc2)C3)cc1. The third-order valence-electron chi connectivity index (χ3n) is 10.9. The predicted molar refractivity (Wildman–Crippen MR) is 215 cm³/mol. The molecule has 0 atom stereocenters. The maximum atomic E-state index is 2.54. The zero-order valence-corrected chi connectivity index (χ0v) is 27.9. The van der Waals surface area contributed by atoms with Gasteiger partial charge in [0.15, 0.2) is 0 Å². The first-order valence-corrected chi connectivity index (χ1v) is 17.8. The van der Waals surface area contributed by atoms with Gasteiger partial charge in [-0.15, -0.1) is 0 Å². The van der Waals surface area contributed by atoms with Crippen LogP contribution in [0.25, 0.3) is 10.8 Å². The fraction of sp³-hybridized carbons (Fsp3) is 0.0213. The van der Waals surface area contributed by atoms with Crippen molar-refractivity contribution in [2.24, 2.45) is 0 Å². The van der Waals surface area contributed by atoms with E-state index < -0.39 is 0 Å². The highest BCUT2D eigenvalue weighted by molar-refractivity contribution is 7.00. The zero-order valence-electron chi connectivity index (χ0n) is 27.9. The lowest BCUT2D eigenvalue weighted by Crippen LogP contribution is -2.62. The van der Waals surface area contributed by atoms with E-state index in [0.29, 0.717) is 0 Å². The van der Waals surface area contributed by atoms with Crippen LogP contribution in [0, 0.1) is 0 Å². The summed E-state index contributed by atoms with van der Waals surface area (Å²) in [6, 6.07) is 66.7. The molecule has 0 fully saturated rings. The molecule has 4 aliphatic rings. The lowest BCUT2D eigenvalue weighted by atomic mass is 9.32. The van der Waals surface area contributed by atoms with E-state index in [1.54, 1.807) is 0 Å². The minimum absolute atomic E-state index is 0.104. The quantitative estimate of drug-likeness (QED) is 0.172. The summed E-state index contributed by atoms with van der Waals surface area (Å²) in [5, 5.41) is 2.47. The number of hydrogen-bond acceptors (Lipinski definition) is 3. The van der Waals surface area contributed by atoms with Crippen molar-refractivity contribution in [1.82, 2.24) is 0 Å². The predicted octanol–water partition coefficient (Wildman–Crippen LogP) is 10.3. The van der Waals surface area contributed by atoms with Gasteiger partial charge in [-0.05, 0) is 112 Å². The van der Waals surface area contributed by atoms with Crippen LogP contribution in [-0.4, -0.2) is 6.71 Å². The summed E-state index contributed by atoms with van der Waals surface area (Å²) in [7, 11) is 0. The summed E-state index contributed by atoms with van der Waals surface area (Å²) in [4.78, 5) is 7.42. The van der Waals surface area contributed by atoms with Crippen LogP contribution in [0.3, 0.4) is 0 Å². The molecule has 2 aliphatic heterocycles. The molecule has 8 aromatic rings. The standard InChI is InChI=1S/C47H32BN3/c1-4-16-35(17-5-1)49(36-18-6-2-7-19-36)38-26-27-40-44(31-38)51(41-23-12-15-33-14-10-11-22-39(33)41)43-25-13-24-42-47(43)48(40)46-34-28-32(29-34)30-45(46)50(42)37-20-8-3-9-21-37/h1-28,30-31H,29H2. The van der Waals surface area contributed by atoms with Crippen molar-refractivity contribution in [3.63, 3.8) is 0 Å². The second-order valence-corrected chi connectivity index (χ2v) is 13.8. The highest BCUT2D eigenvalue weighted by Crippen LogP contribution is 2.48. The topological polar surface area (TPSA) is 9.72 Å². The second-order valence-electron chi connectivity index (χ2n) is 13.8. The number of para-hydroxylation sites is 3. The minimum atomic E-state index is 0.104. The maximum absolute atomic E-state index is 2.54. The van der Waals surface area contributed by atoms with Gasteiger partial charge < -0.3 is 14.7 Å². The molecule has 2 bridgehead atoms. The number of benzene rings is 8. The van der Waals surface area contributed by atoms with Crippen molar-refractivity contribution in [2.75, 3.05) is 14.7 Å².